The van der Waals surface area contributed by atoms with Crippen molar-refractivity contribution in [3.8, 4) is 11.7 Å². The van der Waals surface area contributed by atoms with Crippen molar-refractivity contribution in [2.45, 2.75) is 39.9 Å². The lowest BCUT2D eigenvalue weighted by atomic mass is 10.0. The molecule has 0 spiro atoms. The van der Waals surface area contributed by atoms with E-state index in [0.29, 0.717) is 30.2 Å². The van der Waals surface area contributed by atoms with Crippen molar-refractivity contribution in [3.63, 3.8) is 0 Å². The van der Waals surface area contributed by atoms with Gasteiger partial charge in [0.25, 0.3) is 5.91 Å². The maximum Gasteiger partial charge on any atom is 0.419 e. The van der Waals surface area contributed by atoms with E-state index in [1.54, 1.807) is 17.9 Å². The Morgan fingerprint density at radius 2 is 1.72 bits per heavy atom. The standard InChI is InChI=1S/C21H23F3N6O2/c1-5-29(15(4)12-32-20-25-10-16(11-26-20)21(22,23)24)19(31)17-8-13(2)14(3)9-18(17)30-27-6-7-28-30/h6-11,15H,5,12H2,1-4H3. The summed E-state index contributed by atoms with van der Waals surface area (Å²) in [5, 5.41) is 8.29. The second-order valence-corrected chi connectivity index (χ2v) is 7.28. The van der Waals surface area contributed by atoms with E-state index < -0.39 is 17.8 Å². The topological polar surface area (TPSA) is 86.0 Å². The second kappa shape index (κ2) is 9.33. The Bertz CT molecular complexity index is 1070. The van der Waals surface area contributed by atoms with Crippen LogP contribution in [0.2, 0.25) is 0 Å². The van der Waals surface area contributed by atoms with E-state index in [4.69, 9.17) is 4.74 Å². The average molecular weight is 448 g/mol. The third kappa shape index (κ3) is 5.04. The largest absolute Gasteiger partial charge is 0.461 e. The molecular weight excluding hydrogens is 425 g/mol. The van der Waals surface area contributed by atoms with Gasteiger partial charge < -0.3 is 9.64 Å². The van der Waals surface area contributed by atoms with Gasteiger partial charge in [0.05, 0.1) is 35.2 Å². The number of amides is 1. The summed E-state index contributed by atoms with van der Waals surface area (Å²) < 4.78 is 43.4. The average Bonchev–Trinajstić information content (AvgIpc) is 3.28. The van der Waals surface area contributed by atoms with Crippen molar-refractivity contribution in [1.82, 2.24) is 29.9 Å². The predicted molar refractivity (Wildman–Crippen MR) is 110 cm³/mol. The number of halogens is 3. The third-order valence-electron chi connectivity index (χ3n) is 5.02. The molecule has 0 fully saturated rings. The zero-order valence-electron chi connectivity index (χ0n) is 18.1. The molecule has 3 aromatic rings. The molecule has 0 bridgehead atoms. The maximum absolute atomic E-state index is 13.4. The monoisotopic (exact) mass is 448 g/mol. The Morgan fingerprint density at radius 1 is 1.12 bits per heavy atom. The summed E-state index contributed by atoms with van der Waals surface area (Å²) in [6, 6.07) is 3.05. The van der Waals surface area contributed by atoms with Gasteiger partial charge in [0, 0.05) is 18.9 Å². The fourth-order valence-electron chi connectivity index (χ4n) is 3.11. The lowest BCUT2D eigenvalue weighted by Gasteiger charge is -2.28. The van der Waals surface area contributed by atoms with E-state index in [0.717, 1.165) is 11.1 Å². The molecular formula is C21H23F3N6O2. The van der Waals surface area contributed by atoms with Gasteiger partial charge in [0.1, 0.15) is 6.61 Å². The first-order chi connectivity index (χ1) is 15.1. The molecule has 170 valence electrons. The quantitative estimate of drug-likeness (QED) is 0.549. The molecule has 1 atom stereocenters. The summed E-state index contributed by atoms with van der Waals surface area (Å²) in [5.41, 5.74) is 1.97. The molecule has 1 unspecified atom stereocenters. The molecule has 1 aromatic carbocycles. The molecule has 0 radical (unpaired) electrons. The van der Waals surface area contributed by atoms with Crippen molar-refractivity contribution < 1.29 is 22.7 Å². The lowest BCUT2D eigenvalue weighted by molar-refractivity contribution is -0.138. The highest BCUT2D eigenvalue weighted by atomic mass is 19.4. The van der Waals surface area contributed by atoms with E-state index in [1.807, 2.05) is 26.8 Å². The minimum Gasteiger partial charge on any atom is -0.461 e. The smallest absolute Gasteiger partial charge is 0.419 e. The summed E-state index contributed by atoms with van der Waals surface area (Å²) in [4.78, 5) is 23.6. The highest BCUT2D eigenvalue weighted by Crippen LogP contribution is 2.28. The Kier molecular flexibility index (Phi) is 6.75. The van der Waals surface area contributed by atoms with Crippen molar-refractivity contribution in [2.75, 3.05) is 13.2 Å². The van der Waals surface area contributed by atoms with Gasteiger partial charge in [-0.1, -0.05) is 0 Å². The van der Waals surface area contributed by atoms with Crippen LogP contribution in [0.15, 0.2) is 36.9 Å². The van der Waals surface area contributed by atoms with Crippen molar-refractivity contribution >= 4 is 5.91 Å². The van der Waals surface area contributed by atoms with Crippen LogP contribution in [0.1, 0.15) is 40.9 Å². The molecule has 32 heavy (non-hydrogen) atoms. The van der Waals surface area contributed by atoms with E-state index in [9.17, 15) is 18.0 Å². The Balaban J connectivity index is 1.78. The first-order valence-electron chi connectivity index (χ1n) is 9.92. The number of benzene rings is 1. The Labute approximate surface area is 183 Å². The summed E-state index contributed by atoms with van der Waals surface area (Å²) >= 11 is 0. The molecule has 1 amide bonds. The zero-order valence-corrected chi connectivity index (χ0v) is 18.1. The molecule has 0 aliphatic rings. The van der Waals surface area contributed by atoms with Gasteiger partial charge in [-0.15, -0.1) is 0 Å². The van der Waals surface area contributed by atoms with E-state index in [2.05, 4.69) is 20.2 Å². The van der Waals surface area contributed by atoms with Crippen LogP contribution in [0.25, 0.3) is 5.69 Å². The van der Waals surface area contributed by atoms with E-state index in [1.165, 1.54) is 17.2 Å². The number of aryl methyl sites for hydroxylation is 2. The van der Waals surface area contributed by atoms with Gasteiger partial charge in [-0.05, 0) is 51.0 Å². The number of alkyl halides is 3. The predicted octanol–water partition coefficient (Wildman–Crippen LogP) is 3.62. The summed E-state index contributed by atoms with van der Waals surface area (Å²) in [5.74, 6) is -0.243. The highest BCUT2D eigenvalue weighted by Gasteiger charge is 2.31. The van der Waals surface area contributed by atoms with Gasteiger partial charge >= 0.3 is 12.2 Å². The van der Waals surface area contributed by atoms with Crippen LogP contribution in [0, 0.1) is 13.8 Å². The fraction of sp³-hybridized carbons (Fsp3) is 0.381. The Morgan fingerprint density at radius 3 is 2.28 bits per heavy atom. The molecule has 0 saturated heterocycles. The molecule has 2 aromatic heterocycles. The molecule has 0 N–H and O–H groups in total. The molecule has 2 heterocycles. The molecule has 8 nitrogen and oxygen atoms in total. The summed E-state index contributed by atoms with van der Waals surface area (Å²) in [7, 11) is 0. The number of hydrogen-bond donors (Lipinski definition) is 0. The van der Waals surface area contributed by atoms with Crippen LogP contribution in [0.3, 0.4) is 0 Å². The van der Waals surface area contributed by atoms with Gasteiger partial charge in [-0.25, -0.2) is 9.97 Å². The first kappa shape index (κ1) is 23.2. The van der Waals surface area contributed by atoms with E-state index in [-0.39, 0.29) is 18.5 Å². The zero-order chi connectivity index (χ0) is 23.5. The van der Waals surface area contributed by atoms with Crippen molar-refractivity contribution in [3.05, 3.63) is 59.2 Å². The fourth-order valence-corrected chi connectivity index (χ4v) is 3.11. The molecule has 0 aliphatic heterocycles. The van der Waals surface area contributed by atoms with Gasteiger partial charge in [-0.3, -0.25) is 4.79 Å². The van der Waals surface area contributed by atoms with Gasteiger partial charge in [0.2, 0.25) is 0 Å². The van der Waals surface area contributed by atoms with Crippen molar-refractivity contribution in [2.24, 2.45) is 0 Å². The molecule has 0 saturated carbocycles. The Hall–Kier alpha value is -3.50. The second-order valence-electron chi connectivity index (χ2n) is 7.28. The number of nitrogens with zero attached hydrogens (tertiary/aromatic N) is 6. The number of likely N-dealkylation sites (N-methyl/N-ethyl adjacent to an activating group) is 1. The SMILES string of the molecule is CCN(C(=O)c1cc(C)c(C)cc1-n1nccn1)C(C)COc1ncc(C(F)(F)F)cn1. The molecule has 0 aliphatic carbocycles. The number of hydrogen-bond acceptors (Lipinski definition) is 6. The number of ether oxygens (including phenoxy) is 1. The van der Waals surface area contributed by atoms with Gasteiger partial charge in [0.15, 0.2) is 0 Å². The number of carbonyl (C=O) groups excluding carboxylic acids is 1. The maximum atomic E-state index is 13.4. The molecule has 3 rings (SSSR count). The highest BCUT2D eigenvalue weighted by molar-refractivity contribution is 5.98. The van der Waals surface area contributed by atoms with Crippen LogP contribution in [-0.4, -0.2) is 55.0 Å². The van der Waals surface area contributed by atoms with E-state index >= 15 is 0 Å². The lowest BCUT2D eigenvalue weighted by Crippen LogP contribution is -2.42. The third-order valence-corrected chi connectivity index (χ3v) is 5.02. The van der Waals surface area contributed by atoms with Crippen LogP contribution in [-0.2, 0) is 6.18 Å². The number of rotatable bonds is 7. The number of aromatic nitrogens is 5. The summed E-state index contributed by atoms with van der Waals surface area (Å²) in [6.07, 6.45) is -0.143. The number of carbonyl (C=O) groups is 1. The first-order valence-corrected chi connectivity index (χ1v) is 9.92. The minimum atomic E-state index is -4.52. The normalized spacial score (nSPS) is 12.5. The van der Waals surface area contributed by atoms with Gasteiger partial charge in [-0.2, -0.15) is 28.2 Å². The molecule has 11 heteroatoms. The van der Waals surface area contributed by atoms with Crippen LogP contribution in [0.4, 0.5) is 13.2 Å². The summed E-state index contributed by atoms with van der Waals surface area (Å²) in [6.45, 7) is 7.85. The van der Waals surface area contributed by atoms with Crippen LogP contribution < -0.4 is 4.74 Å². The van der Waals surface area contributed by atoms with Crippen molar-refractivity contribution in [1.29, 1.82) is 0 Å². The minimum absolute atomic E-state index is 0.00510. The van der Waals surface area contributed by atoms with Crippen LogP contribution in [0.5, 0.6) is 6.01 Å². The van der Waals surface area contributed by atoms with Crippen LogP contribution >= 0.6 is 0 Å².